The number of amides is 2. The number of nitrogens with one attached hydrogen (secondary N) is 2. The van der Waals surface area contributed by atoms with Crippen molar-refractivity contribution in [3.8, 4) is 50.3 Å². The Balaban J connectivity index is 0.000000195. The van der Waals surface area contributed by atoms with Crippen LogP contribution in [0.2, 0.25) is 0 Å². The van der Waals surface area contributed by atoms with Crippen molar-refractivity contribution in [2.75, 3.05) is 7.11 Å². The molecule has 0 saturated heterocycles. The molecule has 0 saturated carbocycles. The third-order valence-corrected chi connectivity index (χ3v) is 7.86. The van der Waals surface area contributed by atoms with Gasteiger partial charge in [-0.1, -0.05) is 133 Å². The third-order valence-electron chi connectivity index (χ3n) is 7.86. The Morgan fingerprint density at radius 2 is 0.860 bits per heavy atom. The number of benzene rings is 6. The van der Waals surface area contributed by atoms with Crippen LogP contribution in [0, 0.1) is 0 Å². The highest BCUT2D eigenvalue weighted by Gasteiger charge is 2.08. The first-order valence-corrected chi connectivity index (χ1v) is 15.8. The van der Waals surface area contributed by atoms with Gasteiger partial charge in [0.2, 0.25) is 0 Å². The summed E-state index contributed by atoms with van der Waals surface area (Å²) in [6, 6.07) is 50.3. The van der Waals surface area contributed by atoms with Gasteiger partial charge in [-0.2, -0.15) is 0 Å². The Morgan fingerprint density at radius 3 is 1.36 bits per heavy atom. The predicted molar refractivity (Wildman–Crippen MR) is 199 cm³/mol. The minimum atomic E-state index is -0.578. The van der Waals surface area contributed by atoms with E-state index in [0.29, 0.717) is 0 Å². The molecule has 7 heteroatoms. The molecule has 0 aliphatic heterocycles. The van der Waals surface area contributed by atoms with Crippen molar-refractivity contribution in [3.63, 3.8) is 0 Å². The molecule has 50 heavy (non-hydrogen) atoms. The standard InChI is InChI=1S/C22H19NO3.C21H17NO2/c1-26-20-13-11-19(12-14-22(24)23-25)21(15-20)18-9-7-17(8-10-18)16-5-3-2-4-6-16;23-21(22-24)14-13-18-11-12-19(16-7-3-1-4-8-16)15-20(18)17-9-5-2-6-10-17/h2-15,25H,1H3,(H,23,24);1-15,24H,(H,22,23)/b14-12+;14-13+. The van der Waals surface area contributed by atoms with Crippen LogP contribution in [-0.2, 0) is 9.59 Å². The highest BCUT2D eigenvalue weighted by atomic mass is 16.5. The number of carbonyl (C=O) groups excluding carboxylic acids is 2. The molecule has 4 N–H and O–H groups in total. The number of hydroxylamine groups is 2. The first-order valence-electron chi connectivity index (χ1n) is 15.8. The minimum absolute atomic E-state index is 0.554. The topological polar surface area (TPSA) is 108 Å². The monoisotopic (exact) mass is 660 g/mol. The lowest BCUT2D eigenvalue weighted by molar-refractivity contribution is -0.124. The summed E-state index contributed by atoms with van der Waals surface area (Å²) < 4.78 is 5.33. The third kappa shape index (κ3) is 9.29. The van der Waals surface area contributed by atoms with E-state index in [1.807, 2.05) is 109 Å². The Kier molecular flexibility index (Phi) is 12.2. The zero-order valence-electron chi connectivity index (χ0n) is 27.4. The van der Waals surface area contributed by atoms with Gasteiger partial charge in [0.15, 0.2) is 0 Å². The molecule has 0 aliphatic rings. The molecular formula is C43H36N2O5. The van der Waals surface area contributed by atoms with Crippen LogP contribution in [0.15, 0.2) is 164 Å². The maximum atomic E-state index is 11.3. The summed E-state index contributed by atoms with van der Waals surface area (Å²) in [5, 5.41) is 17.3. The van der Waals surface area contributed by atoms with Gasteiger partial charge in [-0.25, -0.2) is 11.0 Å². The predicted octanol–water partition coefficient (Wildman–Crippen LogP) is 9.09. The normalized spacial score (nSPS) is 10.7. The number of hydrogen-bond donors (Lipinski definition) is 4. The molecule has 248 valence electrons. The van der Waals surface area contributed by atoms with E-state index in [2.05, 4.69) is 42.5 Å². The van der Waals surface area contributed by atoms with Crippen LogP contribution in [0.3, 0.4) is 0 Å². The molecule has 0 bridgehead atoms. The van der Waals surface area contributed by atoms with Gasteiger partial charge >= 0.3 is 0 Å². The van der Waals surface area contributed by atoms with E-state index in [0.717, 1.165) is 61.4 Å². The second-order valence-corrected chi connectivity index (χ2v) is 11.0. The van der Waals surface area contributed by atoms with E-state index in [4.69, 9.17) is 15.2 Å². The van der Waals surface area contributed by atoms with Crippen molar-refractivity contribution >= 4 is 24.0 Å². The zero-order chi connectivity index (χ0) is 35.1. The lowest BCUT2D eigenvalue weighted by Crippen LogP contribution is -2.14. The number of ether oxygens (including phenoxy) is 1. The van der Waals surface area contributed by atoms with Gasteiger partial charge in [0.1, 0.15) is 5.75 Å². The fourth-order valence-electron chi connectivity index (χ4n) is 5.32. The Morgan fingerprint density at radius 1 is 0.480 bits per heavy atom. The van der Waals surface area contributed by atoms with Crippen LogP contribution < -0.4 is 15.7 Å². The molecule has 6 rings (SSSR count). The van der Waals surface area contributed by atoms with Crippen LogP contribution in [0.5, 0.6) is 5.75 Å². The molecule has 0 aromatic heterocycles. The van der Waals surface area contributed by atoms with Gasteiger partial charge in [0.05, 0.1) is 7.11 Å². The molecule has 6 aromatic carbocycles. The van der Waals surface area contributed by atoms with Crippen LogP contribution in [0.4, 0.5) is 0 Å². The summed E-state index contributed by atoms with van der Waals surface area (Å²) in [6.07, 6.45) is 5.95. The number of rotatable bonds is 9. The second kappa shape index (κ2) is 17.6. The van der Waals surface area contributed by atoms with Crippen molar-refractivity contribution in [1.82, 2.24) is 11.0 Å². The fraction of sp³-hybridized carbons (Fsp3) is 0.0233. The van der Waals surface area contributed by atoms with Gasteiger partial charge in [-0.05, 0) is 86.0 Å². The Bertz CT molecular complexity index is 2080. The Labute approximate surface area is 291 Å². The van der Waals surface area contributed by atoms with Gasteiger partial charge in [-0.15, -0.1) is 0 Å². The maximum absolute atomic E-state index is 11.3. The van der Waals surface area contributed by atoms with Crippen LogP contribution in [-0.4, -0.2) is 29.3 Å². The summed E-state index contributed by atoms with van der Waals surface area (Å²) in [7, 11) is 1.62. The van der Waals surface area contributed by atoms with E-state index < -0.39 is 11.8 Å². The summed E-state index contributed by atoms with van der Waals surface area (Å²) in [4.78, 5) is 22.6. The van der Waals surface area contributed by atoms with Crippen molar-refractivity contribution in [2.24, 2.45) is 0 Å². The van der Waals surface area contributed by atoms with Crippen LogP contribution >= 0.6 is 0 Å². The fourth-order valence-corrected chi connectivity index (χ4v) is 5.32. The smallest absolute Gasteiger partial charge is 0.267 e. The summed E-state index contributed by atoms with van der Waals surface area (Å²) in [6.45, 7) is 0. The SMILES string of the molecule is COc1ccc(/C=C/C(=O)NO)c(-c2ccc(-c3ccccc3)cc2)c1.O=C(/C=C/c1ccc(-c2ccccc2)cc1-c1ccccc1)NO. The molecule has 7 nitrogen and oxygen atoms in total. The number of methoxy groups -OCH3 is 1. The van der Waals surface area contributed by atoms with E-state index in [9.17, 15) is 9.59 Å². The van der Waals surface area contributed by atoms with Gasteiger partial charge in [0.25, 0.3) is 11.8 Å². The molecular weight excluding hydrogens is 624 g/mol. The molecule has 0 atom stereocenters. The number of hydrogen-bond acceptors (Lipinski definition) is 5. The molecule has 0 aliphatic carbocycles. The minimum Gasteiger partial charge on any atom is -0.497 e. The molecule has 0 fully saturated rings. The average molecular weight is 661 g/mol. The van der Waals surface area contributed by atoms with Crippen LogP contribution in [0.1, 0.15) is 11.1 Å². The lowest BCUT2D eigenvalue weighted by atomic mass is 9.94. The molecule has 0 heterocycles. The van der Waals surface area contributed by atoms with E-state index in [1.54, 1.807) is 30.2 Å². The highest BCUT2D eigenvalue weighted by molar-refractivity contribution is 5.93. The maximum Gasteiger partial charge on any atom is 0.267 e. The summed E-state index contributed by atoms with van der Waals surface area (Å²) in [5.41, 5.74) is 13.5. The van der Waals surface area contributed by atoms with Crippen molar-refractivity contribution in [3.05, 3.63) is 175 Å². The van der Waals surface area contributed by atoms with E-state index in [-0.39, 0.29) is 0 Å². The van der Waals surface area contributed by atoms with Crippen molar-refractivity contribution in [2.45, 2.75) is 0 Å². The van der Waals surface area contributed by atoms with Crippen molar-refractivity contribution < 1.29 is 24.7 Å². The quantitative estimate of drug-likeness (QED) is 0.0703. The summed E-state index contributed by atoms with van der Waals surface area (Å²) >= 11 is 0. The first kappa shape index (κ1) is 34.8. The van der Waals surface area contributed by atoms with Crippen LogP contribution in [0.25, 0.3) is 56.7 Å². The average Bonchev–Trinajstić information content (AvgIpc) is 3.20. The van der Waals surface area contributed by atoms with Crippen molar-refractivity contribution in [1.29, 1.82) is 0 Å². The first-order chi connectivity index (χ1) is 24.5. The Hall–Kier alpha value is -6.54. The second-order valence-electron chi connectivity index (χ2n) is 11.0. The summed E-state index contributed by atoms with van der Waals surface area (Å²) in [5.74, 6) is -0.400. The van der Waals surface area contributed by atoms with E-state index >= 15 is 0 Å². The van der Waals surface area contributed by atoms with Gasteiger partial charge in [-0.3, -0.25) is 20.0 Å². The largest absolute Gasteiger partial charge is 0.497 e. The molecule has 6 aromatic rings. The lowest BCUT2D eigenvalue weighted by Gasteiger charge is -2.10. The molecule has 2 amide bonds. The molecule has 0 spiro atoms. The zero-order valence-corrected chi connectivity index (χ0v) is 27.4. The van der Waals surface area contributed by atoms with E-state index in [1.165, 1.54) is 12.2 Å². The van der Waals surface area contributed by atoms with Gasteiger partial charge in [0, 0.05) is 12.2 Å². The number of carbonyl (C=O) groups is 2. The van der Waals surface area contributed by atoms with Gasteiger partial charge < -0.3 is 4.74 Å². The highest BCUT2D eigenvalue weighted by Crippen LogP contribution is 2.32. The molecule has 0 radical (unpaired) electrons. The molecule has 0 unspecified atom stereocenters.